The summed E-state index contributed by atoms with van der Waals surface area (Å²) >= 11 is 0. The molecule has 1 aliphatic heterocycles. The van der Waals surface area contributed by atoms with Gasteiger partial charge in [-0.1, -0.05) is 18.2 Å². The number of benzene rings is 1. The zero-order chi connectivity index (χ0) is 14.1. The topological polar surface area (TPSA) is 91.5 Å². The Balaban J connectivity index is 1.79. The summed E-state index contributed by atoms with van der Waals surface area (Å²) < 4.78 is 0. The van der Waals surface area contributed by atoms with Gasteiger partial charge in [-0.05, 0) is 12.1 Å². The number of amides is 1. The van der Waals surface area contributed by atoms with Crippen LogP contribution >= 0.6 is 0 Å². The highest BCUT2D eigenvalue weighted by atomic mass is 16.3. The molecule has 0 aliphatic carbocycles. The smallest absolute Gasteiger partial charge is 0.276 e. The lowest BCUT2D eigenvalue weighted by molar-refractivity contribution is 0.0572. The van der Waals surface area contributed by atoms with Gasteiger partial charge >= 0.3 is 0 Å². The molecular formula is C13H14N4O3. The van der Waals surface area contributed by atoms with Crippen molar-refractivity contribution >= 4 is 5.91 Å². The molecule has 1 aliphatic rings. The summed E-state index contributed by atoms with van der Waals surface area (Å²) in [6, 6.07) is 9.25. The quantitative estimate of drug-likeness (QED) is 0.766. The van der Waals surface area contributed by atoms with Crippen LogP contribution in [0, 0.1) is 0 Å². The molecule has 20 heavy (non-hydrogen) atoms. The molecule has 104 valence electrons. The number of aromatic nitrogens is 3. The molecule has 3 rings (SSSR count). The van der Waals surface area contributed by atoms with Gasteiger partial charge in [-0.3, -0.25) is 4.79 Å². The zero-order valence-corrected chi connectivity index (χ0v) is 10.6. The van der Waals surface area contributed by atoms with Gasteiger partial charge in [0.05, 0.1) is 24.1 Å². The first-order valence-electron chi connectivity index (χ1n) is 6.28. The Kier molecular flexibility index (Phi) is 3.21. The Hall–Kier alpha value is -2.25. The SMILES string of the molecule is O=C(c1cnn(-c2ccccc2)n1)N1C[C@@H](O)[C@@H](O)C1. The molecule has 1 amide bonds. The van der Waals surface area contributed by atoms with Crippen molar-refractivity contribution in [1.29, 1.82) is 0 Å². The summed E-state index contributed by atoms with van der Waals surface area (Å²) in [5.74, 6) is -0.345. The van der Waals surface area contributed by atoms with E-state index in [1.165, 1.54) is 15.9 Å². The highest BCUT2D eigenvalue weighted by molar-refractivity contribution is 5.92. The van der Waals surface area contributed by atoms with E-state index < -0.39 is 12.2 Å². The van der Waals surface area contributed by atoms with Crippen molar-refractivity contribution in [1.82, 2.24) is 19.9 Å². The maximum atomic E-state index is 12.2. The lowest BCUT2D eigenvalue weighted by Crippen LogP contribution is -2.30. The van der Waals surface area contributed by atoms with E-state index >= 15 is 0 Å². The maximum Gasteiger partial charge on any atom is 0.276 e. The van der Waals surface area contributed by atoms with E-state index in [2.05, 4.69) is 10.2 Å². The van der Waals surface area contributed by atoms with Gasteiger partial charge in [-0.15, -0.1) is 5.10 Å². The minimum absolute atomic E-state index is 0.109. The van der Waals surface area contributed by atoms with Crippen molar-refractivity contribution in [2.75, 3.05) is 13.1 Å². The summed E-state index contributed by atoms with van der Waals surface area (Å²) in [4.78, 5) is 14.9. The minimum atomic E-state index is -0.900. The largest absolute Gasteiger partial charge is 0.388 e. The average Bonchev–Trinajstić information content (AvgIpc) is 3.07. The van der Waals surface area contributed by atoms with E-state index in [9.17, 15) is 15.0 Å². The molecule has 0 spiro atoms. The summed E-state index contributed by atoms with van der Waals surface area (Å²) in [6.45, 7) is 0.219. The van der Waals surface area contributed by atoms with Gasteiger partial charge in [0.2, 0.25) is 0 Å². The molecule has 0 bridgehead atoms. The van der Waals surface area contributed by atoms with Gasteiger partial charge in [-0.2, -0.15) is 9.90 Å². The number of carbonyl (C=O) groups is 1. The van der Waals surface area contributed by atoms with Gasteiger partial charge in [0.25, 0.3) is 5.91 Å². The average molecular weight is 274 g/mol. The molecule has 7 nitrogen and oxygen atoms in total. The summed E-state index contributed by atoms with van der Waals surface area (Å²) in [5.41, 5.74) is 0.947. The van der Waals surface area contributed by atoms with Crippen LogP contribution in [-0.2, 0) is 0 Å². The molecule has 0 saturated carbocycles. The molecule has 2 heterocycles. The number of nitrogens with zero attached hydrogens (tertiary/aromatic N) is 4. The van der Waals surface area contributed by atoms with Gasteiger partial charge in [-0.25, -0.2) is 0 Å². The predicted octanol–water partition coefficient (Wildman–Crippen LogP) is -0.555. The minimum Gasteiger partial charge on any atom is -0.388 e. The molecule has 1 fully saturated rings. The van der Waals surface area contributed by atoms with Crippen LogP contribution in [0.3, 0.4) is 0 Å². The van der Waals surface area contributed by atoms with E-state index in [1.807, 2.05) is 30.3 Å². The zero-order valence-electron chi connectivity index (χ0n) is 10.6. The Bertz CT molecular complexity index is 603. The Morgan fingerprint density at radius 1 is 1.15 bits per heavy atom. The molecule has 0 radical (unpaired) electrons. The number of aliphatic hydroxyl groups excluding tert-OH is 2. The van der Waals surface area contributed by atoms with Crippen LogP contribution in [0.2, 0.25) is 0 Å². The Morgan fingerprint density at radius 2 is 1.80 bits per heavy atom. The van der Waals surface area contributed by atoms with Crippen molar-refractivity contribution in [2.24, 2.45) is 0 Å². The van der Waals surface area contributed by atoms with Crippen LogP contribution < -0.4 is 0 Å². The van der Waals surface area contributed by atoms with Crippen LogP contribution in [0.5, 0.6) is 0 Å². The van der Waals surface area contributed by atoms with E-state index in [0.29, 0.717) is 0 Å². The van der Waals surface area contributed by atoms with Gasteiger partial charge in [0.15, 0.2) is 5.69 Å². The molecule has 7 heteroatoms. The molecular weight excluding hydrogens is 260 g/mol. The Labute approximate surface area is 115 Å². The second-order valence-electron chi connectivity index (χ2n) is 4.70. The lowest BCUT2D eigenvalue weighted by Gasteiger charge is -2.12. The van der Waals surface area contributed by atoms with Gasteiger partial charge in [0, 0.05) is 13.1 Å². The fraction of sp³-hybridized carbons (Fsp3) is 0.308. The summed E-state index contributed by atoms with van der Waals surface area (Å²) in [6.07, 6.45) is -0.418. The fourth-order valence-corrected chi connectivity index (χ4v) is 2.14. The highest BCUT2D eigenvalue weighted by Gasteiger charge is 2.33. The van der Waals surface area contributed by atoms with Gasteiger partial charge in [0.1, 0.15) is 0 Å². The molecule has 1 aromatic carbocycles. The molecule has 2 aromatic rings. The number of carbonyl (C=O) groups excluding carboxylic acids is 1. The van der Waals surface area contributed by atoms with E-state index in [0.717, 1.165) is 5.69 Å². The van der Waals surface area contributed by atoms with Crippen LogP contribution in [0.1, 0.15) is 10.5 Å². The first-order valence-corrected chi connectivity index (χ1v) is 6.28. The summed E-state index contributed by atoms with van der Waals surface area (Å²) in [7, 11) is 0. The number of β-amino-alcohol motifs (C(OH)–C–C–N with tert-alkyl or cyclic N) is 2. The van der Waals surface area contributed by atoms with E-state index in [1.54, 1.807) is 0 Å². The summed E-state index contributed by atoms with van der Waals surface area (Å²) in [5, 5.41) is 27.1. The number of para-hydroxylation sites is 1. The van der Waals surface area contributed by atoms with Crippen molar-refractivity contribution in [3.05, 3.63) is 42.2 Å². The number of rotatable bonds is 2. The number of hydrogen-bond acceptors (Lipinski definition) is 5. The second-order valence-corrected chi connectivity index (χ2v) is 4.70. The highest BCUT2D eigenvalue weighted by Crippen LogP contribution is 2.13. The van der Waals surface area contributed by atoms with Crippen molar-refractivity contribution in [2.45, 2.75) is 12.2 Å². The maximum absolute atomic E-state index is 12.2. The first-order chi connectivity index (χ1) is 9.65. The van der Waals surface area contributed by atoms with Crippen molar-refractivity contribution in [3.8, 4) is 5.69 Å². The van der Waals surface area contributed by atoms with Crippen LogP contribution in [0.15, 0.2) is 36.5 Å². The first kappa shape index (κ1) is 12.8. The second kappa shape index (κ2) is 5.03. The molecule has 0 unspecified atom stereocenters. The normalized spacial score (nSPS) is 22.2. The van der Waals surface area contributed by atoms with Crippen LogP contribution in [-0.4, -0.2) is 61.3 Å². The van der Waals surface area contributed by atoms with Crippen molar-refractivity contribution in [3.63, 3.8) is 0 Å². The molecule has 2 N–H and O–H groups in total. The lowest BCUT2D eigenvalue weighted by atomic mass is 10.3. The van der Waals surface area contributed by atoms with E-state index in [4.69, 9.17) is 0 Å². The van der Waals surface area contributed by atoms with Gasteiger partial charge < -0.3 is 15.1 Å². The number of likely N-dealkylation sites (tertiary alicyclic amines) is 1. The van der Waals surface area contributed by atoms with Crippen molar-refractivity contribution < 1.29 is 15.0 Å². The van der Waals surface area contributed by atoms with Crippen LogP contribution in [0.4, 0.5) is 0 Å². The van der Waals surface area contributed by atoms with E-state index in [-0.39, 0.29) is 24.7 Å². The third kappa shape index (κ3) is 2.28. The third-order valence-electron chi connectivity index (χ3n) is 3.24. The molecule has 1 aromatic heterocycles. The number of aliphatic hydroxyl groups is 2. The van der Waals surface area contributed by atoms with Crippen LogP contribution in [0.25, 0.3) is 5.69 Å². The number of hydrogen-bond donors (Lipinski definition) is 2. The predicted molar refractivity (Wildman–Crippen MR) is 69.3 cm³/mol. The third-order valence-corrected chi connectivity index (χ3v) is 3.24. The standard InChI is InChI=1S/C13H14N4O3/c18-11-7-16(8-12(11)19)13(20)10-6-14-17(15-10)9-4-2-1-3-5-9/h1-6,11-12,18-19H,7-8H2/t11-,12+. The fourth-order valence-electron chi connectivity index (χ4n) is 2.14. The Morgan fingerprint density at radius 3 is 2.45 bits per heavy atom. The molecule has 1 saturated heterocycles. The molecule has 2 atom stereocenters. The monoisotopic (exact) mass is 274 g/mol.